The molecule has 0 aliphatic carbocycles. The minimum atomic E-state index is 0.0363. The molecule has 1 aliphatic rings. The van der Waals surface area contributed by atoms with Crippen molar-refractivity contribution in [1.29, 1.82) is 0 Å². The second-order valence-corrected chi connectivity index (χ2v) is 7.09. The van der Waals surface area contributed by atoms with Crippen LogP contribution in [-0.2, 0) is 4.79 Å². The molecule has 20 heavy (non-hydrogen) atoms. The highest BCUT2D eigenvalue weighted by molar-refractivity contribution is 9.10. The average Bonchev–Trinajstić information content (AvgIpc) is 2.78. The van der Waals surface area contributed by atoms with Crippen molar-refractivity contribution >= 4 is 39.0 Å². The van der Waals surface area contributed by atoms with Crippen molar-refractivity contribution in [2.75, 3.05) is 13.1 Å². The number of hydrogen-bond donors (Lipinski definition) is 0. The van der Waals surface area contributed by atoms with Gasteiger partial charge in [-0.2, -0.15) is 0 Å². The van der Waals surface area contributed by atoms with Gasteiger partial charge >= 0.3 is 0 Å². The van der Waals surface area contributed by atoms with Crippen LogP contribution in [0.2, 0.25) is 0 Å². The lowest BCUT2D eigenvalue weighted by Gasteiger charge is -2.19. The summed E-state index contributed by atoms with van der Waals surface area (Å²) in [4.78, 5) is 26.8. The Balaban J connectivity index is 1.96. The maximum Gasteiger partial charge on any atom is 0.222 e. The van der Waals surface area contributed by atoms with E-state index in [9.17, 15) is 9.59 Å². The van der Waals surface area contributed by atoms with Gasteiger partial charge < -0.3 is 4.90 Å². The van der Waals surface area contributed by atoms with Crippen LogP contribution < -0.4 is 0 Å². The van der Waals surface area contributed by atoms with Crippen molar-refractivity contribution < 1.29 is 9.59 Å². The lowest BCUT2D eigenvalue weighted by molar-refractivity contribution is -0.130. The number of nitrogens with zero attached hydrogens (tertiary/aromatic N) is 1. The van der Waals surface area contributed by atoms with E-state index in [1.807, 2.05) is 11.4 Å². The van der Waals surface area contributed by atoms with Gasteiger partial charge in [-0.25, -0.2) is 0 Å². The van der Waals surface area contributed by atoms with Crippen LogP contribution in [0.15, 0.2) is 15.9 Å². The summed E-state index contributed by atoms with van der Waals surface area (Å²) in [5.74, 6) is 0.802. The van der Waals surface area contributed by atoms with Gasteiger partial charge in [-0.05, 0) is 46.1 Å². The van der Waals surface area contributed by atoms with Gasteiger partial charge in [0.25, 0.3) is 0 Å². The van der Waals surface area contributed by atoms with Gasteiger partial charge in [-0.1, -0.05) is 19.8 Å². The van der Waals surface area contributed by atoms with Gasteiger partial charge in [0.15, 0.2) is 5.78 Å². The number of carbonyl (C=O) groups is 2. The van der Waals surface area contributed by atoms with E-state index in [0.29, 0.717) is 17.2 Å². The maximum atomic E-state index is 12.2. The summed E-state index contributed by atoms with van der Waals surface area (Å²) in [6.45, 7) is 3.12. The molecule has 1 aromatic rings. The monoisotopic (exact) mass is 357 g/mol. The molecule has 2 rings (SSSR count). The summed E-state index contributed by atoms with van der Waals surface area (Å²) in [7, 11) is 0. The summed E-state index contributed by atoms with van der Waals surface area (Å²) in [6, 6.07) is 1.87. The lowest BCUT2D eigenvalue weighted by Crippen LogP contribution is -2.35. The number of rotatable bonds is 5. The predicted molar refractivity (Wildman–Crippen MR) is 85.2 cm³/mol. The largest absolute Gasteiger partial charge is 0.335 e. The topological polar surface area (TPSA) is 37.4 Å². The molecule has 0 N–H and O–H groups in total. The number of carbonyl (C=O) groups excluding carboxylic acids is 2. The van der Waals surface area contributed by atoms with Crippen molar-refractivity contribution in [1.82, 2.24) is 4.90 Å². The van der Waals surface area contributed by atoms with Gasteiger partial charge in [0, 0.05) is 17.4 Å². The first-order valence-electron chi connectivity index (χ1n) is 7.15. The molecule has 1 atom stereocenters. The van der Waals surface area contributed by atoms with Crippen molar-refractivity contribution in [3.63, 3.8) is 0 Å². The Hall–Kier alpha value is -0.680. The van der Waals surface area contributed by atoms with Crippen LogP contribution in [0.4, 0.5) is 0 Å². The molecule has 0 spiro atoms. The van der Waals surface area contributed by atoms with Gasteiger partial charge in [-0.3, -0.25) is 9.59 Å². The number of Topliss-reactive ketones (excluding diaryl/α,β-unsaturated/α-hetero) is 1. The highest BCUT2D eigenvalue weighted by Gasteiger charge is 2.24. The Labute approximate surface area is 132 Å². The van der Waals surface area contributed by atoms with Crippen molar-refractivity contribution in [2.45, 2.75) is 39.0 Å². The SMILES string of the molecule is CCCC1CCC(=O)N(CC(=O)c2sccc2Br)CC1. The molecule has 1 amide bonds. The second-order valence-electron chi connectivity index (χ2n) is 5.32. The Bertz CT molecular complexity index is 486. The molecule has 5 heteroatoms. The van der Waals surface area contributed by atoms with Crippen LogP contribution >= 0.6 is 27.3 Å². The fraction of sp³-hybridized carbons (Fsp3) is 0.600. The van der Waals surface area contributed by atoms with E-state index in [1.165, 1.54) is 24.2 Å². The van der Waals surface area contributed by atoms with Gasteiger partial charge in [0.1, 0.15) is 0 Å². The zero-order valence-corrected chi connectivity index (χ0v) is 14.1. The normalized spacial score (nSPS) is 20.0. The maximum absolute atomic E-state index is 12.2. The third kappa shape index (κ3) is 3.92. The molecule has 1 saturated heterocycles. The molecule has 0 aromatic carbocycles. The summed E-state index contributed by atoms with van der Waals surface area (Å²) < 4.78 is 0.832. The summed E-state index contributed by atoms with van der Waals surface area (Å²) in [6.07, 6.45) is 4.94. The lowest BCUT2D eigenvalue weighted by atomic mass is 9.96. The number of halogens is 1. The fourth-order valence-electron chi connectivity index (χ4n) is 2.70. The summed E-state index contributed by atoms with van der Waals surface area (Å²) in [5.41, 5.74) is 0. The van der Waals surface area contributed by atoms with Crippen LogP contribution in [0.3, 0.4) is 0 Å². The minimum Gasteiger partial charge on any atom is -0.335 e. The molecule has 2 heterocycles. The second kappa shape index (κ2) is 7.36. The third-order valence-corrected chi connectivity index (χ3v) is 5.71. The van der Waals surface area contributed by atoms with E-state index in [2.05, 4.69) is 22.9 Å². The first-order valence-corrected chi connectivity index (χ1v) is 8.83. The van der Waals surface area contributed by atoms with Crippen LogP contribution in [0.5, 0.6) is 0 Å². The number of ketones is 1. The van der Waals surface area contributed by atoms with Crippen LogP contribution in [0, 0.1) is 5.92 Å². The van der Waals surface area contributed by atoms with E-state index < -0.39 is 0 Å². The molecule has 1 unspecified atom stereocenters. The van der Waals surface area contributed by atoms with E-state index in [4.69, 9.17) is 0 Å². The zero-order valence-electron chi connectivity index (χ0n) is 11.7. The molecule has 110 valence electrons. The van der Waals surface area contributed by atoms with E-state index in [0.717, 1.165) is 23.9 Å². The predicted octanol–water partition coefficient (Wildman–Crippen LogP) is 4.12. The third-order valence-electron chi connectivity index (χ3n) is 3.83. The standard InChI is InChI=1S/C15H20BrNO2S/c1-2-3-11-4-5-14(19)17(8-6-11)10-13(18)15-12(16)7-9-20-15/h7,9,11H,2-6,8,10H2,1H3. The Morgan fingerprint density at radius 3 is 2.95 bits per heavy atom. The highest BCUT2D eigenvalue weighted by Crippen LogP contribution is 2.25. The Morgan fingerprint density at radius 2 is 2.30 bits per heavy atom. The Morgan fingerprint density at radius 1 is 1.50 bits per heavy atom. The van der Waals surface area contributed by atoms with Crippen molar-refractivity contribution in [2.24, 2.45) is 5.92 Å². The van der Waals surface area contributed by atoms with E-state index in [-0.39, 0.29) is 18.2 Å². The van der Waals surface area contributed by atoms with Gasteiger partial charge in [0.2, 0.25) is 5.91 Å². The molecule has 0 bridgehead atoms. The first kappa shape index (κ1) is 15.7. The number of likely N-dealkylation sites (tertiary alicyclic amines) is 1. The molecular formula is C15H20BrNO2S. The molecule has 0 saturated carbocycles. The Kier molecular flexibility index (Phi) is 5.78. The number of hydrogen-bond acceptors (Lipinski definition) is 3. The highest BCUT2D eigenvalue weighted by atomic mass is 79.9. The minimum absolute atomic E-state index is 0.0363. The smallest absolute Gasteiger partial charge is 0.222 e. The number of thiophene rings is 1. The molecule has 1 aromatic heterocycles. The van der Waals surface area contributed by atoms with Crippen molar-refractivity contribution in [3.8, 4) is 0 Å². The summed E-state index contributed by atoms with van der Waals surface area (Å²) in [5, 5.41) is 1.89. The molecule has 0 radical (unpaired) electrons. The zero-order chi connectivity index (χ0) is 14.5. The molecule has 3 nitrogen and oxygen atoms in total. The van der Waals surface area contributed by atoms with Gasteiger partial charge in [0.05, 0.1) is 11.4 Å². The first-order chi connectivity index (χ1) is 9.61. The average molecular weight is 358 g/mol. The number of amides is 1. The van der Waals surface area contributed by atoms with Crippen LogP contribution in [-0.4, -0.2) is 29.7 Å². The molecule has 1 aliphatic heterocycles. The fourth-order valence-corrected chi connectivity index (χ4v) is 4.22. The molecular weight excluding hydrogens is 338 g/mol. The van der Waals surface area contributed by atoms with E-state index in [1.54, 1.807) is 4.90 Å². The van der Waals surface area contributed by atoms with Gasteiger partial charge in [-0.15, -0.1) is 11.3 Å². The van der Waals surface area contributed by atoms with Crippen LogP contribution in [0.25, 0.3) is 0 Å². The van der Waals surface area contributed by atoms with Crippen molar-refractivity contribution in [3.05, 3.63) is 20.8 Å². The van der Waals surface area contributed by atoms with Crippen LogP contribution in [0.1, 0.15) is 48.7 Å². The molecule has 1 fully saturated rings. The summed E-state index contributed by atoms with van der Waals surface area (Å²) >= 11 is 4.81. The van der Waals surface area contributed by atoms with E-state index >= 15 is 0 Å². The quantitative estimate of drug-likeness (QED) is 0.743.